The van der Waals surface area contributed by atoms with E-state index >= 15 is 0 Å². The Balaban J connectivity index is 1.85. The molecule has 2 aromatic carbocycles. The van der Waals surface area contributed by atoms with E-state index in [1.807, 2.05) is 24.3 Å². The molecule has 9 heteroatoms. The molecule has 0 N–H and O–H groups in total. The number of sulfone groups is 1. The first-order valence-electron chi connectivity index (χ1n) is 11.0. The van der Waals surface area contributed by atoms with Gasteiger partial charge in [0.25, 0.3) is 5.91 Å². The molecular weight excluding hydrogens is 485 g/mol. The first-order valence-corrected chi connectivity index (χ1v) is 13.6. The third-order valence-electron chi connectivity index (χ3n) is 5.66. The maximum absolute atomic E-state index is 13.5. The average molecular weight is 514 g/mol. The number of amides is 1. The molecule has 0 bridgehead atoms. The molecule has 1 heterocycles. The molecule has 180 valence electrons. The topological polar surface area (TPSA) is 72.9 Å². The smallest absolute Gasteiger partial charge is 0.254 e. The molecule has 3 rings (SSSR count). The predicted molar refractivity (Wildman–Crippen MR) is 131 cm³/mol. The van der Waals surface area contributed by atoms with Crippen LogP contribution in [0.5, 0.6) is 11.5 Å². The van der Waals surface area contributed by atoms with E-state index in [1.165, 1.54) is 12.1 Å². The average Bonchev–Trinajstić information content (AvgIpc) is 3.15. The van der Waals surface area contributed by atoms with Crippen LogP contribution >= 0.6 is 23.2 Å². The standard InChI is InChI=1S/C24H29Cl2NO5S/c1-3-4-5-11-32-23-21(25)13-18(14-22(23)26)24(28)27(19-10-12-33(29,30)16-19)15-17-6-8-20(31-2)9-7-17/h6-9,13-14,19H,3-5,10-12,15-16H2,1-2H3. The number of hydrogen-bond donors (Lipinski definition) is 0. The van der Waals surface area contributed by atoms with Crippen molar-refractivity contribution in [2.75, 3.05) is 25.2 Å². The van der Waals surface area contributed by atoms with Crippen LogP contribution in [-0.4, -0.2) is 50.5 Å². The molecule has 33 heavy (non-hydrogen) atoms. The quantitative estimate of drug-likeness (QED) is 0.397. The van der Waals surface area contributed by atoms with Crippen LogP contribution in [0.15, 0.2) is 36.4 Å². The van der Waals surface area contributed by atoms with Gasteiger partial charge in [0.1, 0.15) is 5.75 Å². The van der Waals surface area contributed by atoms with Gasteiger partial charge in [-0.2, -0.15) is 0 Å². The summed E-state index contributed by atoms with van der Waals surface area (Å²) in [5.74, 6) is 0.740. The van der Waals surface area contributed by atoms with Crippen molar-refractivity contribution < 1.29 is 22.7 Å². The summed E-state index contributed by atoms with van der Waals surface area (Å²) in [4.78, 5) is 15.1. The summed E-state index contributed by atoms with van der Waals surface area (Å²) in [6.07, 6.45) is 3.38. The molecule has 6 nitrogen and oxygen atoms in total. The molecule has 0 aliphatic carbocycles. The maximum Gasteiger partial charge on any atom is 0.254 e. The van der Waals surface area contributed by atoms with Gasteiger partial charge in [0.15, 0.2) is 15.6 Å². The molecule has 1 amide bonds. The van der Waals surface area contributed by atoms with Crippen molar-refractivity contribution in [1.82, 2.24) is 4.90 Å². The lowest BCUT2D eigenvalue weighted by Gasteiger charge is -2.29. The molecule has 1 atom stereocenters. The second kappa shape index (κ2) is 11.4. The van der Waals surface area contributed by atoms with Crippen molar-refractivity contribution in [2.45, 2.75) is 45.2 Å². The number of ether oxygens (including phenoxy) is 2. The highest BCUT2D eigenvalue weighted by Gasteiger charge is 2.35. The minimum atomic E-state index is -3.18. The van der Waals surface area contributed by atoms with Gasteiger partial charge >= 0.3 is 0 Å². The van der Waals surface area contributed by atoms with Gasteiger partial charge in [-0.1, -0.05) is 55.1 Å². The van der Waals surface area contributed by atoms with E-state index in [-0.39, 0.29) is 34.0 Å². The second-order valence-corrected chi connectivity index (χ2v) is 11.2. The Morgan fingerprint density at radius 3 is 2.33 bits per heavy atom. The lowest BCUT2D eigenvalue weighted by atomic mass is 10.1. The van der Waals surface area contributed by atoms with Gasteiger partial charge in [-0.05, 0) is 42.7 Å². The SMILES string of the molecule is CCCCCOc1c(Cl)cc(C(=O)N(Cc2ccc(OC)cc2)C2CCS(=O)(=O)C2)cc1Cl. The summed E-state index contributed by atoms with van der Waals surface area (Å²) in [5.41, 5.74) is 1.16. The molecule has 0 radical (unpaired) electrons. The zero-order chi connectivity index (χ0) is 24.0. The van der Waals surface area contributed by atoms with Gasteiger partial charge < -0.3 is 14.4 Å². The van der Waals surface area contributed by atoms with Crippen LogP contribution in [0.1, 0.15) is 48.5 Å². The van der Waals surface area contributed by atoms with Gasteiger partial charge in [-0.15, -0.1) is 0 Å². The van der Waals surface area contributed by atoms with E-state index < -0.39 is 15.9 Å². The summed E-state index contributed by atoms with van der Waals surface area (Å²) in [7, 11) is -1.60. The Labute approximate surface area is 205 Å². The molecule has 1 aliphatic rings. The van der Waals surface area contributed by atoms with Gasteiger partial charge in [-0.25, -0.2) is 8.42 Å². The van der Waals surface area contributed by atoms with E-state index in [4.69, 9.17) is 32.7 Å². The molecule has 1 saturated heterocycles. The summed E-state index contributed by atoms with van der Waals surface area (Å²) in [6, 6.07) is 9.98. The molecular formula is C24H29Cl2NO5S. The van der Waals surface area contributed by atoms with Crippen LogP contribution in [0.25, 0.3) is 0 Å². The Morgan fingerprint density at radius 1 is 1.12 bits per heavy atom. The first kappa shape index (κ1) is 25.7. The van der Waals surface area contributed by atoms with Crippen LogP contribution in [0.4, 0.5) is 0 Å². The molecule has 0 aromatic heterocycles. The number of benzene rings is 2. The zero-order valence-electron chi connectivity index (χ0n) is 18.9. The number of methoxy groups -OCH3 is 1. The van der Waals surface area contributed by atoms with Crippen LogP contribution in [-0.2, 0) is 16.4 Å². The van der Waals surface area contributed by atoms with E-state index in [0.29, 0.717) is 30.1 Å². The number of unbranched alkanes of at least 4 members (excludes halogenated alkanes) is 2. The highest BCUT2D eigenvalue weighted by atomic mass is 35.5. The van der Waals surface area contributed by atoms with Crippen molar-refractivity contribution >= 4 is 38.9 Å². The van der Waals surface area contributed by atoms with Gasteiger partial charge in [0.2, 0.25) is 0 Å². The lowest BCUT2D eigenvalue weighted by molar-refractivity contribution is 0.0681. The third kappa shape index (κ3) is 6.78. The van der Waals surface area contributed by atoms with Crippen LogP contribution < -0.4 is 9.47 Å². The summed E-state index contributed by atoms with van der Waals surface area (Å²) in [5, 5.41) is 0.511. The normalized spacial score (nSPS) is 17.0. The molecule has 1 aliphatic heterocycles. The maximum atomic E-state index is 13.5. The van der Waals surface area contributed by atoms with E-state index in [9.17, 15) is 13.2 Å². The summed E-state index contributed by atoms with van der Waals surface area (Å²) < 4.78 is 35.2. The number of nitrogens with zero attached hydrogens (tertiary/aromatic N) is 1. The molecule has 1 fully saturated rings. The minimum absolute atomic E-state index is 0.0605. The highest BCUT2D eigenvalue weighted by Crippen LogP contribution is 2.35. The van der Waals surface area contributed by atoms with E-state index in [2.05, 4.69) is 6.92 Å². The number of carbonyl (C=O) groups excluding carboxylic acids is 1. The molecule has 2 aromatic rings. The molecule has 0 saturated carbocycles. The van der Waals surface area contributed by atoms with Crippen molar-refractivity contribution in [2.24, 2.45) is 0 Å². The summed E-state index contributed by atoms with van der Waals surface area (Å²) >= 11 is 12.8. The highest BCUT2D eigenvalue weighted by molar-refractivity contribution is 7.91. The van der Waals surface area contributed by atoms with Crippen molar-refractivity contribution in [3.63, 3.8) is 0 Å². The van der Waals surface area contributed by atoms with Crippen molar-refractivity contribution in [1.29, 1.82) is 0 Å². The zero-order valence-corrected chi connectivity index (χ0v) is 21.2. The van der Waals surface area contributed by atoms with Gasteiger partial charge in [0, 0.05) is 18.2 Å². The Morgan fingerprint density at radius 2 is 1.79 bits per heavy atom. The Kier molecular flexibility index (Phi) is 8.90. The molecule has 1 unspecified atom stereocenters. The van der Waals surface area contributed by atoms with E-state index in [0.717, 1.165) is 24.8 Å². The fourth-order valence-electron chi connectivity index (χ4n) is 3.83. The number of halogens is 2. The van der Waals surface area contributed by atoms with Crippen LogP contribution in [0, 0.1) is 0 Å². The second-order valence-electron chi connectivity index (χ2n) is 8.16. The third-order valence-corrected chi connectivity index (χ3v) is 7.97. The Hall–Kier alpha value is -1.96. The van der Waals surface area contributed by atoms with Crippen LogP contribution in [0.2, 0.25) is 10.0 Å². The summed E-state index contributed by atoms with van der Waals surface area (Å²) in [6.45, 7) is 2.85. The number of rotatable bonds is 10. The Bertz CT molecular complexity index is 1050. The first-order chi connectivity index (χ1) is 15.7. The molecule has 0 spiro atoms. The fraction of sp³-hybridized carbons (Fsp3) is 0.458. The van der Waals surface area contributed by atoms with Crippen molar-refractivity contribution in [3.05, 3.63) is 57.6 Å². The van der Waals surface area contributed by atoms with Gasteiger partial charge in [0.05, 0.1) is 35.3 Å². The van der Waals surface area contributed by atoms with Gasteiger partial charge in [-0.3, -0.25) is 4.79 Å². The number of carbonyl (C=O) groups is 1. The predicted octanol–water partition coefficient (Wildman–Crippen LogP) is 5.40. The van der Waals surface area contributed by atoms with Crippen molar-refractivity contribution in [3.8, 4) is 11.5 Å². The monoisotopic (exact) mass is 513 g/mol. The lowest BCUT2D eigenvalue weighted by Crippen LogP contribution is -2.40. The largest absolute Gasteiger partial charge is 0.497 e. The fourth-order valence-corrected chi connectivity index (χ4v) is 6.16. The van der Waals surface area contributed by atoms with E-state index in [1.54, 1.807) is 12.0 Å². The number of hydrogen-bond acceptors (Lipinski definition) is 5. The minimum Gasteiger partial charge on any atom is -0.497 e. The van der Waals surface area contributed by atoms with Crippen LogP contribution in [0.3, 0.4) is 0 Å².